The predicted molar refractivity (Wildman–Crippen MR) is 97.6 cm³/mol. The van der Waals surface area contributed by atoms with E-state index in [9.17, 15) is 48.7 Å². The second-order valence-corrected chi connectivity index (χ2v) is 7.36. The van der Waals surface area contributed by atoms with E-state index in [1.54, 1.807) is 5.32 Å². The molecule has 2 rings (SSSR count). The van der Waals surface area contributed by atoms with E-state index in [0.29, 0.717) is 0 Å². The Morgan fingerprint density at radius 1 is 0.938 bits per heavy atom. The van der Waals surface area contributed by atoms with Gasteiger partial charge in [0.15, 0.2) is 0 Å². The normalized spacial score (nSPS) is 13.2. The SMILES string of the molecule is Cc1c(N)cccc1C(=O)Nc1c(Br)cc(C(F)(C(F)(F)F)C(F)(F)F)cc1C(F)(F)F. The first-order valence-corrected chi connectivity index (χ1v) is 9.01. The van der Waals surface area contributed by atoms with Crippen LogP contribution in [-0.2, 0) is 11.8 Å². The largest absolute Gasteiger partial charge is 0.435 e. The van der Waals surface area contributed by atoms with Crippen LogP contribution in [0.5, 0.6) is 0 Å². The smallest absolute Gasteiger partial charge is 0.398 e. The van der Waals surface area contributed by atoms with Gasteiger partial charge in [0.1, 0.15) is 0 Å². The minimum absolute atomic E-state index is 0.0978. The summed E-state index contributed by atoms with van der Waals surface area (Å²) in [6.45, 7) is 1.36. The Morgan fingerprint density at radius 3 is 1.94 bits per heavy atom. The molecule has 0 spiro atoms. The molecule has 1 amide bonds. The highest BCUT2D eigenvalue weighted by Gasteiger charge is 2.73. The number of carbonyl (C=O) groups is 1. The number of halogens is 11. The van der Waals surface area contributed by atoms with Crippen LogP contribution in [0.4, 0.5) is 55.3 Å². The Morgan fingerprint density at radius 2 is 1.47 bits per heavy atom. The maximum absolute atomic E-state index is 14.3. The molecule has 176 valence electrons. The Bertz CT molecular complexity index is 1030. The molecule has 0 bridgehead atoms. The topological polar surface area (TPSA) is 55.1 Å². The van der Waals surface area contributed by atoms with Crippen LogP contribution >= 0.6 is 15.9 Å². The van der Waals surface area contributed by atoms with Gasteiger partial charge < -0.3 is 11.1 Å². The summed E-state index contributed by atoms with van der Waals surface area (Å²) in [4.78, 5) is 12.4. The summed E-state index contributed by atoms with van der Waals surface area (Å²) in [6.07, 6.45) is -18.8. The van der Waals surface area contributed by atoms with E-state index in [1.165, 1.54) is 25.1 Å². The molecule has 0 fully saturated rings. The zero-order valence-electron chi connectivity index (χ0n) is 15.5. The Labute approximate surface area is 181 Å². The van der Waals surface area contributed by atoms with Gasteiger partial charge in [-0.25, -0.2) is 4.39 Å². The van der Waals surface area contributed by atoms with E-state index in [-0.39, 0.29) is 22.9 Å². The molecular formula is C18H11BrF10N2O. The van der Waals surface area contributed by atoms with E-state index in [4.69, 9.17) is 5.73 Å². The first kappa shape index (κ1) is 25.7. The van der Waals surface area contributed by atoms with Crippen LogP contribution in [0.15, 0.2) is 34.8 Å². The van der Waals surface area contributed by atoms with Crippen LogP contribution in [0.3, 0.4) is 0 Å². The van der Waals surface area contributed by atoms with Crippen molar-refractivity contribution in [2.45, 2.75) is 31.1 Å². The molecule has 0 aliphatic heterocycles. The molecule has 0 aliphatic carbocycles. The maximum Gasteiger partial charge on any atom is 0.435 e. The molecule has 0 aromatic heterocycles. The van der Waals surface area contributed by atoms with Crippen molar-refractivity contribution >= 4 is 33.2 Å². The molecular weight excluding hydrogens is 530 g/mol. The summed E-state index contributed by atoms with van der Waals surface area (Å²) in [7, 11) is 0. The van der Waals surface area contributed by atoms with Crippen molar-refractivity contribution in [3.63, 3.8) is 0 Å². The first-order chi connectivity index (χ1) is 14.3. The highest BCUT2D eigenvalue weighted by molar-refractivity contribution is 9.10. The van der Waals surface area contributed by atoms with Gasteiger partial charge in [-0.15, -0.1) is 0 Å². The van der Waals surface area contributed by atoms with E-state index < -0.39 is 57.5 Å². The number of rotatable bonds is 3. The second-order valence-electron chi connectivity index (χ2n) is 6.51. The van der Waals surface area contributed by atoms with Crippen molar-refractivity contribution < 1.29 is 48.7 Å². The third-order valence-corrected chi connectivity index (χ3v) is 5.06. The van der Waals surface area contributed by atoms with Gasteiger partial charge in [0.25, 0.3) is 5.91 Å². The molecule has 0 unspecified atom stereocenters. The lowest BCUT2D eigenvalue weighted by Crippen LogP contribution is -2.50. The highest BCUT2D eigenvalue weighted by atomic mass is 79.9. The summed E-state index contributed by atoms with van der Waals surface area (Å²) in [5.74, 6) is -1.19. The highest BCUT2D eigenvalue weighted by Crippen LogP contribution is 2.55. The summed E-state index contributed by atoms with van der Waals surface area (Å²) < 4.78 is 132. The second kappa shape index (κ2) is 8.12. The van der Waals surface area contributed by atoms with Crippen LogP contribution in [0.25, 0.3) is 0 Å². The Hall–Kier alpha value is -2.51. The summed E-state index contributed by atoms with van der Waals surface area (Å²) in [5, 5.41) is 1.78. The Balaban J connectivity index is 2.72. The van der Waals surface area contributed by atoms with Crippen LogP contribution < -0.4 is 11.1 Å². The fourth-order valence-electron chi connectivity index (χ4n) is 2.72. The lowest BCUT2D eigenvalue weighted by atomic mass is 9.91. The minimum atomic E-state index is -6.63. The Kier molecular flexibility index (Phi) is 6.53. The number of carbonyl (C=O) groups excluding carboxylic acids is 1. The average molecular weight is 541 g/mol. The van der Waals surface area contributed by atoms with E-state index in [0.717, 1.165) is 0 Å². The van der Waals surface area contributed by atoms with Gasteiger partial charge in [0, 0.05) is 21.3 Å². The van der Waals surface area contributed by atoms with Crippen molar-refractivity contribution in [1.29, 1.82) is 0 Å². The lowest BCUT2D eigenvalue weighted by molar-refractivity contribution is -0.348. The number of benzene rings is 2. The number of nitrogen functional groups attached to an aromatic ring is 1. The first-order valence-electron chi connectivity index (χ1n) is 8.22. The number of anilines is 2. The summed E-state index contributed by atoms with van der Waals surface area (Å²) >= 11 is 2.41. The van der Waals surface area contributed by atoms with Gasteiger partial charge in [-0.05, 0) is 52.7 Å². The molecule has 0 heterocycles. The van der Waals surface area contributed by atoms with Crippen LogP contribution in [0, 0.1) is 6.92 Å². The van der Waals surface area contributed by atoms with E-state index >= 15 is 0 Å². The third-order valence-electron chi connectivity index (χ3n) is 4.43. The fourth-order valence-corrected chi connectivity index (χ4v) is 3.28. The summed E-state index contributed by atoms with van der Waals surface area (Å²) in [6, 6.07) is 3.08. The standard InChI is InChI=1S/C18H11BrF10N2O/c1-7-9(3-2-4-12(7)30)14(32)31-13-10(16(21,22)23)5-8(6-11(13)19)15(20,17(24,25)26)18(27,28)29/h2-6H,30H2,1H3,(H,31,32). The predicted octanol–water partition coefficient (Wildman–Crippen LogP) is 6.90. The number of nitrogens with one attached hydrogen (secondary N) is 1. The number of nitrogens with two attached hydrogens (primary N) is 1. The lowest BCUT2D eigenvalue weighted by Gasteiger charge is -2.31. The molecule has 2 aromatic rings. The van der Waals surface area contributed by atoms with Crippen molar-refractivity contribution in [2.24, 2.45) is 0 Å². The van der Waals surface area contributed by atoms with Gasteiger partial charge in [-0.3, -0.25) is 4.79 Å². The van der Waals surface area contributed by atoms with Crippen molar-refractivity contribution in [1.82, 2.24) is 0 Å². The molecule has 3 nitrogen and oxygen atoms in total. The number of alkyl halides is 10. The van der Waals surface area contributed by atoms with Gasteiger partial charge in [0.2, 0.25) is 0 Å². The summed E-state index contributed by atoms with van der Waals surface area (Å²) in [5.41, 5.74) is -6.16. The zero-order chi connectivity index (χ0) is 24.9. The molecule has 3 N–H and O–H groups in total. The zero-order valence-corrected chi connectivity index (χ0v) is 17.1. The quantitative estimate of drug-likeness (QED) is 0.328. The van der Waals surface area contributed by atoms with Gasteiger partial charge in [-0.1, -0.05) is 6.07 Å². The maximum atomic E-state index is 14.3. The van der Waals surface area contributed by atoms with E-state index in [2.05, 4.69) is 15.9 Å². The molecule has 2 aromatic carbocycles. The van der Waals surface area contributed by atoms with Crippen molar-refractivity contribution in [2.75, 3.05) is 11.1 Å². The van der Waals surface area contributed by atoms with Gasteiger partial charge in [-0.2, -0.15) is 39.5 Å². The van der Waals surface area contributed by atoms with Crippen molar-refractivity contribution in [3.8, 4) is 0 Å². The average Bonchev–Trinajstić information content (AvgIpc) is 2.61. The molecule has 14 heteroatoms. The van der Waals surface area contributed by atoms with Crippen molar-refractivity contribution in [3.05, 3.63) is 57.1 Å². The molecule has 0 atom stereocenters. The third kappa shape index (κ3) is 4.50. The number of amides is 1. The number of hydrogen-bond acceptors (Lipinski definition) is 2. The molecule has 32 heavy (non-hydrogen) atoms. The molecule has 0 saturated heterocycles. The minimum Gasteiger partial charge on any atom is -0.398 e. The van der Waals surface area contributed by atoms with Crippen LogP contribution in [0.1, 0.15) is 27.0 Å². The number of hydrogen-bond donors (Lipinski definition) is 2. The fraction of sp³-hybridized carbons (Fsp3) is 0.278. The molecule has 0 aliphatic rings. The molecule has 0 saturated carbocycles. The van der Waals surface area contributed by atoms with E-state index in [1.807, 2.05) is 0 Å². The van der Waals surface area contributed by atoms with Crippen LogP contribution in [-0.4, -0.2) is 18.3 Å². The monoisotopic (exact) mass is 540 g/mol. The molecule has 0 radical (unpaired) electrons. The van der Waals surface area contributed by atoms with Crippen LogP contribution in [0.2, 0.25) is 0 Å². The van der Waals surface area contributed by atoms with Gasteiger partial charge in [0.05, 0.1) is 11.3 Å². The van der Waals surface area contributed by atoms with Gasteiger partial charge >= 0.3 is 24.2 Å².